The van der Waals surface area contributed by atoms with Crippen LogP contribution < -0.4 is 5.32 Å². The molecule has 1 unspecified atom stereocenters. The molecule has 30 heavy (non-hydrogen) atoms. The third kappa shape index (κ3) is 5.97. The van der Waals surface area contributed by atoms with Gasteiger partial charge in [-0.3, -0.25) is 0 Å². The zero-order valence-electron chi connectivity index (χ0n) is 16.7. The van der Waals surface area contributed by atoms with Gasteiger partial charge in [-0.15, -0.1) is 0 Å². The average Bonchev–Trinajstić information content (AvgIpc) is 2.73. The highest BCUT2D eigenvalue weighted by Crippen LogP contribution is 2.21. The Labute approximate surface area is 181 Å². The molecule has 0 aliphatic rings. The molecular weight excluding hydrogens is 396 g/mol. The number of hydrogen-bond donors (Lipinski definition) is 2. The van der Waals surface area contributed by atoms with Crippen LogP contribution in [-0.2, 0) is 0 Å². The van der Waals surface area contributed by atoms with Gasteiger partial charge in [-0.25, -0.2) is 9.78 Å². The van der Waals surface area contributed by atoms with Crippen molar-refractivity contribution in [3.05, 3.63) is 94.8 Å². The van der Waals surface area contributed by atoms with Gasteiger partial charge in [-0.1, -0.05) is 53.9 Å². The molecule has 2 N–H and O–H groups in total. The highest BCUT2D eigenvalue weighted by atomic mass is 35.5. The molecule has 5 heteroatoms. The van der Waals surface area contributed by atoms with Gasteiger partial charge in [0.05, 0.1) is 0 Å². The molecule has 0 saturated heterocycles. The van der Waals surface area contributed by atoms with E-state index in [0.29, 0.717) is 10.7 Å². The summed E-state index contributed by atoms with van der Waals surface area (Å²) in [7, 11) is 0. The number of halogens is 1. The van der Waals surface area contributed by atoms with Gasteiger partial charge in [0.1, 0.15) is 5.69 Å². The zero-order valence-corrected chi connectivity index (χ0v) is 17.4. The highest BCUT2D eigenvalue weighted by molar-refractivity contribution is 6.30. The standard InChI is InChI=1S/C25H21ClN2O2/c1-17(15-18(2)28-25(29)30)20-6-3-19(4-7-20)5-13-24-14-10-22(16-27-24)21-8-11-23(26)12-9-21/h3-4,6-12,14-16,18,28H,1-2H3,(H,29,30)/b17-15-. The third-order valence-corrected chi connectivity index (χ3v) is 4.72. The van der Waals surface area contributed by atoms with E-state index in [1.165, 1.54) is 0 Å². The fourth-order valence-corrected chi connectivity index (χ4v) is 3.07. The van der Waals surface area contributed by atoms with E-state index >= 15 is 0 Å². The van der Waals surface area contributed by atoms with Crippen LogP contribution in [-0.4, -0.2) is 22.2 Å². The summed E-state index contributed by atoms with van der Waals surface area (Å²) < 4.78 is 0. The first-order chi connectivity index (χ1) is 14.4. The molecule has 1 aromatic heterocycles. The van der Waals surface area contributed by atoms with Crippen LogP contribution in [0.3, 0.4) is 0 Å². The molecule has 0 bridgehead atoms. The summed E-state index contributed by atoms with van der Waals surface area (Å²) in [5.74, 6) is 6.20. The summed E-state index contributed by atoms with van der Waals surface area (Å²) in [4.78, 5) is 15.1. The molecule has 2 aromatic carbocycles. The number of carboxylic acid groups (broad SMARTS) is 1. The molecule has 4 nitrogen and oxygen atoms in total. The lowest BCUT2D eigenvalue weighted by molar-refractivity contribution is 0.193. The second kappa shape index (κ2) is 9.78. The fourth-order valence-electron chi connectivity index (χ4n) is 2.94. The van der Waals surface area contributed by atoms with Crippen molar-refractivity contribution in [2.24, 2.45) is 0 Å². The highest BCUT2D eigenvalue weighted by Gasteiger charge is 2.03. The number of hydrogen-bond acceptors (Lipinski definition) is 2. The van der Waals surface area contributed by atoms with Crippen LogP contribution in [0.1, 0.15) is 30.7 Å². The normalized spacial score (nSPS) is 11.9. The van der Waals surface area contributed by atoms with Crippen molar-refractivity contribution in [3.63, 3.8) is 0 Å². The molecule has 0 saturated carbocycles. The van der Waals surface area contributed by atoms with E-state index in [-0.39, 0.29) is 6.04 Å². The molecule has 150 valence electrons. The van der Waals surface area contributed by atoms with Crippen LogP contribution in [0.2, 0.25) is 5.02 Å². The van der Waals surface area contributed by atoms with E-state index in [9.17, 15) is 4.79 Å². The van der Waals surface area contributed by atoms with E-state index in [1.54, 1.807) is 13.1 Å². The van der Waals surface area contributed by atoms with Crippen LogP contribution in [0, 0.1) is 11.8 Å². The molecule has 0 radical (unpaired) electrons. The molecule has 1 amide bonds. The Hall–Kier alpha value is -3.55. The molecule has 0 fully saturated rings. The van der Waals surface area contributed by atoms with Crippen LogP contribution in [0.5, 0.6) is 0 Å². The van der Waals surface area contributed by atoms with Crippen molar-refractivity contribution in [2.75, 3.05) is 0 Å². The Bertz CT molecular complexity index is 1110. The Kier molecular flexibility index (Phi) is 6.90. The van der Waals surface area contributed by atoms with Crippen LogP contribution >= 0.6 is 11.6 Å². The van der Waals surface area contributed by atoms with Crippen molar-refractivity contribution in [1.29, 1.82) is 0 Å². The lowest BCUT2D eigenvalue weighted by Gasteiger charge is -2.08. The third-order valence-electron chi connectivity index (χ3n) is 4.47. The maximum atomic E-state index is 10.7. The minimum Gasteiger partial charge on any atom is -0.465 e. The van der Waals surface area contributed by atoms with Gasteiger partial charge in [-0.05, 0) is 66.8 Å². The molecular formula is C25H21ClN2O2. The predicted molar refractivity (Wildman–Crippen MR) is 121 cm³/mol. The van der Waals surface area contributed by atoms with Crippen molar-refractivity contribution in [3.8, 4) is 23.0 Å². The number of aromatic nitrogens is 1. The largest absolute Gasteiger partial charge is 0.465 e. The first-order valence-corrected chi connectivity index (χ1v) is 9.81. The summed E-state index contributed by atoms with van der Waals surface area (Å²) in [5, 5.41) is 11.9. The number of amides is 1. The van der Waals surface area contributed by atoms with Gasteiger partial charge < -0.3 is 10.4 Å². The van der Waals surface area contributed by atoms with Crippen molar-refractivity contribution >= 4 is 23.3 Å². The topological polar surface area (TPSA) is 62.2 Å². The predicted octanol–water partition coefficient (Wildman–Crippen LogP) is 5.86. The number of nitrogens with one attached hydrogen (secondary N) is 1. The van der Waals surface area contributed by atoms with Gasteiger partial charge in [-0.2, -0.15) is 0 Å². The van der Waals surface area contributed by atoms with Crippen LogP contribution in [0.15, 0.2) is 72.9 Å². The molecule has 0 spiro atoms. The Morgan fingerprint density at radius 2 is 1.70 bits per heavy atom. The zero-order chi connectivity index (χ0) is 21.5. The smallest absolute Gasteiger partial charge is 0.405 e. The number of benzene rings is 2. The summed E-state index contributed by atoms with van der Waals surface area (Å²) in [5.41, 5.74) is 5.65. The van der Waals surface area contributed by atoms with Gasteiger partial charge in [0.15, 0.2) is 0 Å². The van der Waals surface area contributed by atoms with E-state index in [1.807, 2.05) is 73.7 Å². The summed E-state index contributed by atoms with van der Waals surface area (Å²) >= 11 is 5.93. The SMILES string of the molecule is C/C(=C/C(C)NC(=O)O)c1ccc(C#Cc2ccc(-c3ccc(Cl)cc3)cn2)cc1. The summed E-state index contributed by atoms with van der Waals surface area (Å²) in [6.07, 6.45) is 2.64. The summed E-state index contributed by atoms with van der Waals surface area (Å²) in [6, 6.07) is 19.1. The average molecular weight is 417 g/mol. The van der Waals surface area contributed by atoms with Gasteiger partial charge >= 0.3 is 6.09 Å². The minimum atomic E-state index is -1.04. The molecule has 3 rings (SSSR count). The van der Waals surface area contributed by atoms with Gasteiger partial charge in [0.2, 0.25) is 0 Å². The molecule has 3 aromatic rings. The second-order valence-electron chi connectivity index (χ2n) is 6.85. The summed E-state index contributed by atoms with van der Waals surface area (Å²) in [6.45, 7) is 3.75. The van der Waals surface area contributed by atoms with E-state index in [0.717, 1.165) is 27.8 Å². The fraction of sp³-hybridized carbons (Fsp3) is 0.120. The van der Waals surface area contributed by atoms with E-state index < -0.39 is 6.09 Å². The van der Waals surface area contributed by atoms with Crippen molar-refractivity contribution in [2.45, 2.75) is 19.9 Å². The quantitative estimate of drug-likeness (QED) is 0.523. The maximum Gasteiger partial charge on any atom is 0.405 e. The van der Waals surface area contributed by atoms with Crippen LogP contribution in [0.4, 0.5) is 4.79 Å². The van der Waals surface area contributed by atoms with Crippen molar-refractivity contribution < 1.29 is 9.90 Å². The molecule has 1 heterocycles. The number of rotatable bonds is 4. The van der Waals surface area contributed by atoms with E-state index in [4.69, 9.17) is 16.7 Å². The second-order valence-corrected chi connectivity index (χ2v) is 7.29. The Balaban J connectivity index is 1.68. The lowest BCUT2D eigenvalue weighted by Crippen LogP contribution is -2.29. The Morgan fingerprint density at radius 3 is 2.30 bits per heavy atom. The molecule has 1 atom stereocenters. The lowest BCUT2D eigenvalue weighted by atomic mass is 10.0. The Morgan fingerprint density at radius 1 is 1.03 bits per heavy atom. The molecule has 0 aliphatic carbocycles. The number of nitrogens with zero attached hydrogens (tertiary/aromatic N) is 1. The first-order valence-electron chi connectivity index (χ1n) is 9.43. The maximum absolute atomic E-state index is 10.7. The molecule has 0 aliphatic heterocycles. The van der Waals surface area contributed by atoms with Gasteiger partial charge in [0.25, 0.3) is 0 Å². The van der Waals surface area contributed by atoms with E-state index in [2.05, 4.69) is 22.1 Å². The number of carbonyl (C=O) groups is 1. The van der Waals surface area contributed by atoms with Crippen molar-refractivity contribution in [1.82, 2.24) is 10.3 Å². The van der Waals surface area contributed by atoms with Crippen LogP contribution in [0.25, 0.3) is 16.7 Å². The number of allylic oxidation sites excluding steroid dienone is 1. The monoisotopic (exact) mass is 416 g/mol. The van der Waals surface area contributed by atoms with Gasteiger partial charge in [0, 0.05) is 28.4 Å². The number of pyridine rings is 1. The minimum absolute atomic E-state index is 0.260. The first kappa shape index (κ1) is 21.2.